The van der Waals surface area contributed by atoms with Gasteiger partial charge in [0, 0.05) is 29.2 Å². The minimum atomic E-state index is 0.842. The molecule has 1 aliphatic heterocycles. The van der Waals surface area contributed by atoms with E-state index in [2.05, 4.69) is 30.0 Å². The first-order valence-electron chi connectivity index (χ1n) is 7.90. The van der Waals surface area contributed by atoms with Crippen LogP contribution >= 0.6 is 11.8 Å². The zero-order valence-electron chi connectivity index (χ0n) is 13.6. The molecule has 0 radical (unpaired) electrons. The molecule has 3 rings (SSSR count). The normalized spacial score (nSPS) is 17.0. The average molecular weight is 316 g/mol. The summed E-state index contributed by atoms with van der Waals surface area (Å²) in [7, 11) is 0. The van der Waals surface area contributed by atoms with E-state index < -0.39 is 0 Å². The van der Waals surface area contributed by atoms with Crippen LogP contribution in [0, 0.1) is 13.8 Å². The summed E-state index contributed by atoms with van der Waals surface area (Å²) in [6, 6.07) is 5.95. The molecule has 118 valence electrons. The molecule has 0 amide bonds. The molecular formula is C17H24N4S. The van der Waals surface area contributed by atoms with E-state index >= 15 is 0 Å². The van der Waals surface area contributed by atoms with Crippen LogP contribution in [0.2, 0.25) is 0 Å². The molecule has 1 fully saturated rings. The van der Waals surface area contributed by atoms with Crippen molar-refractivity contribution in [3.05, 3.63) is 41.3 Å². The number of likely N-dealkylation sites (tertiary alicyclic amines) is 1. The largest absolute Gasteiger partial charge is 0.299 e. The van der Waals surface area contributed by atoms with Crippen molar-refractivity contribution in [2.24, 2.45) is 0 Å². The third kappa shape index (κ3) is 3.20. The van der Waals surface area contributed by atoms with Gasteiger partial charge in [-0.25, -0.2) is 9.67 Å². The highest BCUT2D eigenvalue weighted by molar-refractivity contribution is 7.99. The number of rotatable bonds is 4. The summed E-state index contributed by atoms with van der Waals surface area (Å²) >= 11 is 2.01. The molecule has 2 aromatic rings. The molecule has 0 aromatic carbocycles. The van der Waals surface area contributed by atoms with Gasteiger partial charge in [-0.3, -0.25) is 4.90 Å². The van der Waals surface area contributed by atoms with E-state index in [9.17, 15) is 0 Å². The number of aromatic nitrogens is 3. The van der Waals surface area contributed by atoms with Crippen LogP contribution in [0.3, 0.4) is 0 Å². The van der Waals surface area contributed by atoms with E-state index in [1.54, 1.807) is 0 Å². The van der Waals surface area contributed by atoms with Crippen LogP contribution in [-0.2, 0) is 6.54 Å². The predicted octanol–water partition coefficient (Wildman–Crippen LogP) is 3.21. The smallest absolute Gasteiger partial charge is 0.153 e. The van der Waals surface area contributed by atoms with Gasteiger partial charge in [0.25, 0.3) is 0 Å². The predicted molar refractivity (Wildman–Crippen MR) is 92.6 cm³/mol. The molecule has 2 aromatic heterocycles. The Kier molecular flexibility index (Phi) is 4.84. The molecule has 0 atom stereocenters. The monoisotopic (exact) mass is 316 g/mol. The van der Waals surface area contributed by atoms with Crippen molar-refractivity contribution in [1.29, 1.82) is 0 Å². The Balaban J connectivity index is 1.76. The maximum atomic E-state index is 4.70. The highest BCUT2D eigenvalue weighted by Crippen LogP contribution is 2.24. The van der Waals surface area contributed by atoms with Gasteiger partial charge in [0.2, 0.25) is 0 Å². The molecule has 22 heavy (non-hydrogen) atoms. The van der Waals surface area contributed by atoms with Gasteiger partial charge in [-0.15, -0.1) is 0 Å². The first kappa shape index (κ1) is 15.6. The van der Waals surface area contributed by atoms with Crippen molar-refractivity contribution < 1.29 is 0 Å². The lowest BCUT2D eigenvalue weighted by molar-refractivity contribution is 0.224. The molecule has 0 aliphatic carbocycles. The quantitative estimate of drug-likeness (QED) is 0.867. The fourth-order valence-corrected chi connectivity index (χ4v) is 3.81. The molecule has 3 heterocycles. The molecule has 1 saturated heterocycles. The van der Waals surface area contributed by atoms with Gasteiger partial charge >= 0.3 is 0 Å². The maximum absolute atomic E-state index is 4.70. The SMILES string of the molecule is CSC1CCN(Cc2c(C)nn(-c3ccccn3)c2C)CC1. The molecule has 0 spiro atoms. The summed E-state index contributed by atoms with van der Waals surface area (Å²) in [5, 5.41) is 5.54. The van der Waals surface area contributed by atoms with Crippen molar-refractivity contribution in [1.82, 2.24) is 19.7 Å². The van der Waals surface area contributed by atoms with Crippen LogP contribution < -0.4 is 0 Å². The minimum Gasteiger partial charge on any atom is -0.299 e. The summed E-state index contributed by atoms with van der Waals surface area (Å²) in [5.74, 6) is 0.899. The topological polar surface area (TPSA) is 34.0 Å². The van der Waals surface area contributed by atoms with Crippen LogP contribution in [-0.4, -0.2) is 44.3 Å². The lowest BCUT2D eigenvalue weighted by atomic mass is 10.1. The highest BCUT2D eigenvalue weighted by atomic mass is 32.2. The summed E-state index contributed by atoms with van der Waals surface area (Å²) in [6.45, 7) is 7.65. The molecule has 0 N–H and O–H groups in total. The van der Waals surface area contributed by atoms with Crippen LogP contribution in [0.15, 0.2) is 24.4 Å². The van der Waals surface area contributed by atoms with E-state index in [4.69, 9.17) is 5.10 Å². The third-order valence-electron chi connectivity index (χ3n) is 4.56. The van der Waals surface area contributed by atoms with Gasteiger partial charge in [-0.05, 0) is 58.2 Å². The standard InChI is InChI=1S/C17H24N4S/c1-13-16(12-20-10-7-15(22-3)8-11-20)14(2)21(19-13)17-6-4-5-9-18-17/h4-6,9,15H,7-8,10-12H2,1-3H3. The third-order valence-corrected chi connectivity index (χ3v) is 5.70. The minimum absolute atomic E-state index is 0.842. The molecule has 1 aliphatic rings. The second-order valence-electron chi connectivity index (χ2n) is 5.96. The summed E-state index contributed by atoms with van der Waals surface area (Å²) in [6.07, 6.45) is 6.64. The van der Waals surface area contributed by atoms with E-state index in [0.717, 1.165) is 23.3 Å². The van der Waals surface area contributed by atoms with Crippen LogP contribution in [0.1, 0.15) is 29.8 Å². The Morgan fingerprint density at radius 2 is 2.00 bits per heavy atom. The average Bonchev–Trinajstić information content (AvgIpc) is 2.84. The lowest BCUT2D eigenvalue weighted by Crippen LogP contribution is -2.34. The molecule has 4 nitrogen and oxygen atoms in total. The van der Waals surface area contributed by atoms with E-state index in [1.165, 1.54) is 37.2 Å². The van der Waals surface area contributed by atoms with Crippen LogP contribution in [0.25, 0.3) is 5.82 Å². The molecule has 0 bridgehead atoms. The number of hydrogen-bond acceptors (Lipinski definition) is 4. The molecule has 0 saturated carbocycles. The number of hydrogen-bond donors (Lipinski definition) is 0. The number of aryl methyl sites for hydroxylation is 1. The Bertz CT molecular complexity index is 615. The number of thioether (sulfide) groups is 1. The Morgan fingerprint density at radius 1 is 1.23 bits per heavy atom. The van der Waals surface area contributed by atoms with Crippen molar-refractivity contribution in [2.45, 2.75) is 38.5 Å². The maximum Gasteiger partial charge on any atom is 0.153 e. The lowest BCUT2D eigenvalue weighted by Gasteiger charge is -2.31. The Morgan fingerprint density at radius 3 is 2.64 bits per heavy atom. The summed E-state index contributed by atoms with van der Waals surface area (Å²) in [4.78, 5) is 6.98. The second kappa shape index (κ2) is 6.84. The summed E-state index contributed by atoms with van der Waals surface area (Å²) in [5.41, 5.74) is 3.69. The van der Waals surface area contributed by atoms with Gasteiger partial charge < -0.3 is 0 Å². The van der Waals surface area contributed by atoms with Gasteiger partial charge in [-0.2, -0.15) is 16.9 Å². The van der Waals surface area contributed by atoms with Crippen LogP contribution in [0.4, 0.5) is 0 Å². The number of nitrogens with zero attached hydrogens (tertiary/aromatic N) is 4. The fraction of sp³-hybridized carbons (Fsp3) is 0.529. The molecule has 0 unspecified atom stereocenters. The number of piperidine rings is 1. The van der Waals surface area contributed by atoms with Crippen LogP contribution in [0.5, 0.6) is 0 Å². The molecular weight excluding hydrogens is 292 g/mol. The van der Waals surface area contributed by atoms with Crippen molar-refractivity contribution in [3.63, 3.8) is 0 Å². The van der Waals surface area contributed by atoms with E-state index in [-0.39, 0.29) is 0 Å². The van der Waals surface area contributed by atoms with Gasteiger partial charge in [0.15, 0.2) is 5.82 Å². The first-order chi connectivity index (χ1) is 10.7. The highest BCUT2D eigenvalue weighted by Gasteiger charge is 2.21. The van der Waals surface area contributed by atoms with Crippen molar-refractivity contribution in [3.8, 4) is 5.82 Å². The fourth-order valence-electron chi connectivity index (χ4n) is 3.13. The Labute approximate surface area is 136 Å². The zero-order chi connectivity index (χ0) is 15.5. The molecule has 5 heteroatoms. The van der Waals surface area contributed by atoms with Gasteiger partial charge in [0.05, 0.1) is 5.69 Å². The Hall–Kier alpha value is -1.33. The van der Waals surface area contributed by atoms with E-state index in [1.807, 2.05) is 40.8 Å². The van der Waals surface area contributed by atoms with Gasteiger partial charge in [-0.1, -0.05) is 6.07 Å². The van der Waals surface area contributed by atoms with E-state index in [0.29, 0.717) is 0 Å². The number of pyridine rings is 1. The second-order valence-corrected chi connectivity index (χ2v) is 7.10. The first-order valence-corrected chi connectivity index (χ1v) is 9.19. The summed E-state index contributed by atoms with van der Waals surface area (Å²) < 4.78 is 1.97. The zero-order valence-corrected chi connectivity index (χ0v) is 14.4. The van der Waals surface area contributed by atoms with Crippen molar-refractivity contribution in [2.75, 3.05) is 19.3 Å². The van der Waals surface area contributed by atoms with Gasteiger partial charge in [0.1, 0.15) is 0 Å². The van der Waals surface area contributed by atoms with Crippen molar-refractivity contribution >= 4 is 11.8 Å².